The van der Waals surface area contributed by atoms with Crippen molar-refractivity contribution in [1.82, 2.24) is 4.90 Å². The smallest absolute Gasteiger partial charge is 0.318 e. The molecule has 8 rings (SSSR count). The highest BCUT2D eigenvalue weighted by atomic mass is 32.2. The van der Waals surface area contributed by atoms with E-state index in [0.29, 0.717) is 5.92 Å². The first-order valence-electron chi connectivity index (χ1n) is 20.6. The van der Waals surface area contributed by atoms with Gasteiger partial charge in [-0.05, 0) is 86.8 Å². The Balaban J connectivity index is 1.20. The Morgan fingerprint density at radius 3 is 1.69 bits per heavy atom. The average molecular weight is 856 g/mol. The fourth-order valence-corrected chi connectivity index (χ4v) is 13.3. The molecular weight excluding hydrogens is 807 g/mol. The zero-order chi connectivity index (χ0) is 41.4. The number of halogens is 4. The number of amides is 1. The predicted molar refractivity (Wildman–Crippen MR) is 199 cm³/mol. The van der Waals surface area contributed by atoms with Crippen LogP contribution in [-0.2, 0) is 38.7 Å². The number of rotatable bonds is 10. The van der Waals surface area contributed by atoms with Crippen LogP contribution in [-0.4, -0.2) is 68.6 Å². The molecule has 1 amide bonds. The van der Waals surface area contributed by atoms with E-state index in [0.717, 1.165) is 113 Å². The quantitative estimate of drug-likeness (QED) is 0.0622. The Hall–Kier alpha value is -3.12. The summed E-state index contributed by atoms with van der Waals surface area (Å²) >= 11 is 0. The van der Waals surface area contributed by atoms with Gasteiger partial charge in [0, 0.05) is 6.04 Å². The Morgan fingerprint density at radius 2 is 1.22 bits per heavy atom. The Bertz CT molecular complexity index is 2130. The van der Waals surface area contributed by atoms with Crippen molar-refractivity contribution >= 4 is 32.1 Å². The predicted octanol–water partition coefficient (Wildman–Crippen LogP) is 7.94. The maximum Gasteiger partial charge on any atom is 0.318 e. The van der Waals surface area contributed by atoms with E-state index >= 15 is 17.2 Å². The van der Waals surface area contributed by atoms with E-state index in [-0.39, 0.29) is 16.7 Å². The molecular formula is C41H49F4NO10S2. The summed E-state index contributed by atoms with van der Waals surface area (Å²) in [7, 11) is -10.5. The SMILES string of the molecule is CC(C)N1C(=O)C2C3OC(C(OS(=O)(=O)c4c(C5CCCCC5)cc(C5CCCCC5)cc4C4CCCCC4)C31)C2C(=O)Oc1c(F)c(F)c(S(=O)(=O)O)c(F)c1F. The Morgan fingerprint density at radius 1 is 0.741 bits per heavy atom. The van der Waals surface area contributed by atoms with Crippen LogP contribution < -0.4 is 4.74 Å². The van der Waals surface area contributed by atoms with Crippen LogP contribution in [0.25, 0.3) is 0 Å². The summed E-state index contributed by atoms with van der Waals surface area (Å²) in [4.78, 5) is 27.1. The molecule has 1 N–H and O–H groups in total. The summed E-state index contributed by atoms with van der Waals surface area (Å²) in [5.41, 5.74) is 2.61. The van der Waals surface area contributed by atoms with Crippen LogP contribution in [0.1, 0.15) is 145 Å². The number of hydrogen-bond donors (Lipinski definition) is 1. The van der Waals surface area contributed by atoms with E-state index in [1.54, 1.807) is 13.8 Å². The molecule has 58 heavy (non-hydrogen) atoms. The lowest BCUT2D eigenvalue weighted by Crippen LogP contribution is -2.52. The molecule has 6 fully saturated rings. The van der Waals surface area contributed by atoms with Crippen LogP contribution in [0.15, 0.2) is 21.9 Å². The molecule has 11 nitrogen and oxygen atoms in total. The number of nitrogens with zero attached hydrogens (tertiary/aromatic N) is 1. The number of ether oxygens (including phenoxy) is 2. The lowest BCUT2D eigenvalue weighted by molar-refractivity contribution is -0.146. The molecule has 6 unspecified atom stereocenters. The molecule has 0 aromatic heterocycles. The van der Waals surface area contributed by atoms with Gasteiger partial charge in [0.15, 0.2) is 16.5 Å². The summed E-state index contributed by atoms with van der Waals surface area (Å²) < 4.78 is 139. The van der Waals surface area contributed by atoms with Gasteiger partial charge in [0.1, 0.15) is 23.0 Å². The number of carbonyl (C=O) groups is 2. The first-order chi connectivity index (χ1) is 27.5. The van der Waals surface area contributed by atoms with E-state index in [4.69, 9.17) is 13.7 Å². The van der Waals surface area contributed by atoms with Gasteiger partial charge in [-0.3, -0.25) is 18.3 Å². The highest BCUT2D eigenvalue weighted by molar-refractivity contribution is 7.87. The van der Waals surface area contributed by atoms with E-state index in [2.05, 4.69) is 12.1 Å². The molecule has 2 aromatic rings. The minimum atomic E-state index is -5.80. The molecule has 3 saturated carbocycles. The molecule has 2 bridgehead atoms. The zero-order valence-corrected chi connectivity index (χ0v) is 34.1. The van der Waals surface area contributed by atoms with Gasteiger partial charge in [0.25, 0.3) is 10.1 Å². The number of hydrogen-bond acceptors (Lipinski definition) is 9. The van der Waals surface area contributed by atoms with Crippen molar-refractivity contribution in [3.8, 4) is 5.75 Å². The van der Waals surface area contributed by atoms with Gasteiger partial charge in [-0.15, -0.1) is 0 Å². The van der Waals surface area contributed by atoms with E-state index in [1.807, 2.05) is 0 Å². The second-order valence-electron chi connectivity index (χ2n) is 17.3. The number of carbonyl (C=O) groups excluding carboxylic acids is 2. The molecule has 318 valence electrons. The minimum absolute atomic E-state index is 0.0330. The van der Waals surface area contributed by atoms with Gasteiger partial charge < -0.3 is 14.4 Å². The third-order valence-electron chi connectivity index (χ3n) is 13.6. The van der Waals surface area contributed by atoms with Crippen LogP contribution in [0.4, 0.5) is 17.6 Å². The van der Waals surface area contributed by atoms with Crippen molar-refractivity contribution in [2.24, 2.45) is 11.8 Å². The Kier molecular flexibility index (Phi) is 11.3. The van der Waals surface area contributed by atoms with Crippen LogP contribution in [0.3, 0.4) is 0 Å². The van der Waals surface area contributed by atoms with Crippen LogP contribution in [0.5, 0.6) is 5.75 Å². The molecule has 0 radical (unpaired) electrons. The fraction of sp³-hybridized carbons (Fsp3) is 0.659. The van der Waals surface area contributed by atoms with Crippen LogP contribution in [0.2, 0.25) is 0 Å². The summed E-state index contributed by atoms with van der Waals surface area (Å²) in [6.07, 6.45) is 10.5. The largest absolute Gasteiger partial charge is 0.420 e. The first kappa shape index (κ1) is 41.6. The van der Waals surface area contributed by atoms with Gasteiger partial charge in [-0.25, -0.2) is 8.78 Å². The summed E-state index contributed by atoms with van der Waals surface area (Å²) in [5, 5.41) is 0. The topological polar surface area (TPSA) is 154 Å². The third kappa shape index (κ3) is 7.07. The highest BCUT2D eigenvalue weighted by Crippen LogP contribution is 2.55. The van der Waals surface area contributed by atoms with Gasteiger partial charge in [0.2, 0.25) is 23.3 Å². The van der Waals surface area contributed by atoms with Gasteiger partial charge in [-0.1, -0.05) is 69.9 Å². The molecule has 3 aliphatic heterocycles. The first-order valence-corrected chi connectivity index (χ1v) is 23.5. The molecule has 3 saturated heterocycles. The summed E-state index contributed by atoms with van der Waals surface area (Å²) in [6.45, 7) is 3.38. The minimum Gasteiger partial charge on any atom is -0.420 e. The second-order valence-corrected chi connectivity index (χ2v) is 20.2. The van der Waals surface area contributed by atoms with Crippen molar-refractivity contribution in [2.45, 2.75) is 168 Å². The molecule has 17 heteroatoms. The highest BCUT2D eigenvalue weighted by Gasteiger charge is 2.73. The van der Waals surface area contributed by atoms with Crippen molar-refractivity contribution < 1.29 is 62.2 Å². The molecule has 3 heterocycles. The number of esters is 1. The fourth-order valence-electron chi connectivity index (χ4n) is 11.0. The Labute approximate surface area is 336 Å². The molecule has 2 aromatic carbocycles. The van der Waals surface area contributed by atoms with Crippen molar-refractivity contribution in [3.05, 3.63) is 52.1 Å². The van der Waals surface area contributed by atoms with Crippen LogP contribution >= 0.6 is 0 Å². The monoisotopic (exact) mass is 855 g/mol. The number of benzene rings is 2. The molecule has 3 aliphatic carbocycles. The van der Waals surface area contributed by atoms with E-state index in [9.17, 15) is 31.3 Å². The molecule has 6 aliphatic rings. The number of fused-ring (bicyclic) bond motifs is 1. The maximum absolute atomic E-state index is 15.2. The van der Waals surface area contributed by atoms with Gasteiger partial charge in [0.05, 0.1) is 18.1 Å². The van der Waals surface area contributed by atoms with Gasteiger partial charge in [-0.2, -0.15) is 25.6 Å². The van der Waals surface area contributed by atoms with Crippen LogP contribution in [0, 0.1) is 35.1 Å². The maximum atomic E-state index is 15.2. The molecule has 0 spiro atoms. The van der Waals surface area contributed by atoms with E-state index in [1.165, 1.54) is 4.90 Å². The number of likely N-dealkylation sites (tertiary alicyclic amines) is 1. The zero-order valence-electron chi connectivity index (χ0n) is 32.4. The lowest BCUT2D eigenvalue weighted by Gasteiger charge is -2.35. The molecule has 6 atom stereocenters. The van der Waals surface area contributed by atoms with Crippen molar-refractivity contribution in [3.63, 3.8) is 0 Å². The summed E-state index contributed by atoms with van der Waals surface area (Å²) in [6, 6.07) is 2.65. The van der Waals surface area contributed by atoms with Gasteiger partial charge >= 0.3 is 16.1 Å². The third-order valence-corrected chi connectivity index (χ3v) is 15.9. The van der Waals surface area contributed by atoms with Crippen molar-refractivity contribution in [1.29, 1.82) is 0 Å². The normalized spacial score (nSPS) is 28.6. The second kappa shape index (κ2) is 15.7. The standard InChI is InChI=1S/C41H49F4NO10S2/c1-20(2)46-33-34-27(40(46)47)28(41(48)55-36-29(42)31(44)39(57(49,50)51)32(45)30(36)43)35(54-34)37(33)56-58(52,53)38-25(22-14-8-4-9-15-22)18-24(21-12-6-3-7-13-21)19-26(38)23-16-10-5-11-17-23/h18-23,27-28,33-35,37H,3-17H2,1-2H3,(H,49,50,51). The van der Waals surface area contributed by atoms with Crippen molar-refractivity contribution in [2.75, 3.05) is 0 Å². The van der Waals surface area contributed by atoms with E-state index < -0.39 is 108 Å². The average Bonchev–Trinajstić information content (AvgIpc) is 3.82. The lowest BCUT2D eigenvalue weighted by atomic mass is 9.76. The summed E-state index contributed by atoms with van der Waals surface area (Å²) in [5.74, 6) is -16.9.